The topological polar surface area (TPSA) is 38.0 Å². The first kappa shape index (κ1) is 13.0. The van der Waals surface area contributed by atoms with Gasteiger partial charge in [0.05, 0.1) is 0 Å². The van der Waals surface area contributed by atoms with Gasteiger partial charge in [-0.25, -0.2) is 0 Å². The van der Waals surface area contributed by atoms with Crippen LogP contribution in [0.4, 0.5) is 0 Å². The van der Waals surface area contributed by atoms with Crippen LogP contribution in [0.3, 0.4) is 0 Å². The van der Waals surface area contributed by atoms with Gasteiger partial charge in [0.2, 0.25) is 0 Å². The summed E-state index contributed by atoms with van der Waals surface area (Å²) in [7, 11) is 0. The van der Waals surface area contributed by atoms with Crippen LogP contribution in [0.15, 0.2) is 0 Å². The molecule has 1 aliphatic rings. The molecule has 0 bridgehead atoms. The van der Waals surface area contributed by atoms with Crippen molar-refractivity contribution in [2.45, 2.75) is 65.0 Å². The van der Waals surface area contributed by atoms with Crippen LogP contribution in [0, 0.1) is 11.8 Å². The van der Waals surface area contributed by atoms with Crippen molar-refractivity contribution in [1.82, 2.24) is 5.32 Å². The second-order valence-corrected chi connectivity index (χ2v) is 5.79. The lowest BCUT2D eigenvalue weighted by Crippen LogP contribution is -2.57. The van der Waals surface area contributed by atoms with Gasteiger partial charge in [-0.2, -0.15) is 0 Å². The second-order valence-electron chi connectivity index (χ2n) is 5.79. The van der Waals surface area contributed by atoms with Crippen molar-refractivity contribution < 1.29 is 0 Å². The smallest absolute Gasteiger partial charge is 0.0311 e. The molecule has 1 aliphatic carbocycles. The highest BCUT2D eigenvalue weighted by molar-refractivity contribution is 4.96. The molecule has 0 aromatic heterocycles. The van der Waals surface area contributed by atoms with Crippen LogP contribution in [-0.4, -0.2) is 18.1 Å². The molecular weight excluding hydrogens is 184 g/mol. The van der Waals surface area contributed by atoms with Gasteiger partial charge in [-0.15, -0.1) is 0 Å². The van der Waals surface area contributed by atoms with Crippen LogP contribution in [0.25, 0.3) is 0 Å². The Morgan fingerprint density at radius 3 is 2.27 bits per heavy atom. The normalized spacial score (nSPS) is 39.0. The third kappa shape index (κ3) is 3.46. The molecule has 0 aromatic carbocycles. The Hall–Kier alpha value is -0.0800. The fourth-order valence-corrected chi connectivity index (χ4v) is 3.24. The number of nitrogens with two attached hydrogens (primary N) is 1. The molecule has 90 valence electrons. The van der Waals surface area contributed by atoms with Crippen LogP contribution in [-0.2, 0) is 0 Å². The van der Waals surface area contributed by atoms with E-state index in [1.807, 2.05) is 0 Å². The standard InChI is InChI=1S/C13H28N2/c1-5-12(4)15-13(9-14)7-10(2)6-11(3)8-13/h10-12,15H,5-9,14H2,1-4H3. The number of rotatable bonds is 4. The minimum atomic E-state index is 0.215. The van der Waals surface area contributed by atoms with Crippen molar-refractivity contribution in [3.63, 3.8) is 0 Å². The van der Waals surface area contributed by atoms with Crippen molar-refractivity contribution in [3.8, 4) is 0 Å². The lowest BCUT2D eigenvalue weighted by molar-refractivity contribution is 0.137. The minimum Gasteiger partial charge on any atom is -0.329 e. The number of hydrogen-bond acceptors (Lipinski definition) is 2. The summed E-state index contributed by atoms with van der Waals surface area (Å²) in [6.45, 7) is 10.0. The molecular formula is C13H28N2. The Morgan fingerprint density at radius 1 is 1.33 bits per heavy atom. The molecule has 0 aromatic rings. The van der Waals surface area contributed by atoms with Gasteiger partial charge in [-0.05, 0) is 44.4 Å². The summed E-state index contributed by atoms with van der Waals surface area (Å²) in [5.74, 6) is 1.63. The lowest BCUT2D eigenvalue weighted by Gasteiger charge is -2.44. The zero-order valence-electron chi connectivity index (χ0n) is 10.8. The zero-order valence-corrected chi connectivity index (χ0v) is 10.8. The number of hydrogen-bond donors (Lipinski definition) is 2. The molecule has 0 amide bonds. The third-order valence-electron chi connectivity index (χ3n) is 3.84. The summed E-state index contributed by atoms with van der Waals surface area (Å²) < 4.78 is 0. The molecule has 1 saturated carbocycles. The molecule has 3 N–H and O–H groups in total. The van der Waals surface area contributed by atoms with Crippen LogP contribution < -0.4 is 11.1 Å². The van der Waals surface area contributed by atoms with Gasteiger partial charge >= 0.3 is 0 Å². The molecule has 3 unspecified atom stereocenters. The highest BCUT2D eigenvalue weighted by Crippen LogP contribution is 2.35. The van der Waals surface area contributed by atoms with E-state index in [0.717, 1.165) is 18.4 Å². The fourth-order valence-electron chi connectivity index (χ4n) is 3.24. The van der Waals surface area contributed by atoms with Crippen molar-refractivity contribution in [3.05, 3.63) is 0 Å². The SMILES string of the molecule is CCC(C)NC1(CN)CC(C)CC(C)C1. The second kappa shape index (κ2) is 5.31. The molecule has 0 aliphatic heterocycles. The maximum absolute atomic E-state index is 6.00. The van der Waals surface area contributed by atoms with Gasteiger partial charge in [-0.3, -0.25) is 0 Å². The van der Waals surface area contributed by atoms with E-state index in [4.69, 9.17) is 5.73 Å². The zero-order chi connectivity index (χ0) is 11.5. The van der Waals surface area contributed by atoms with E-state index in [1.165, 1.54) is 25.7 Å². The quantitative estimate of drug-likeness (QED) is 0.751. The highest BCUT2D eigenvalue weighted by Gasteiger charge is 2.37. The molecule has 0 radical (unpaired) electrons. The van der Waals surface area contributed by atoms with Crippen molar-refractivity contribution in [2.75, 3.05) is 6.54 Å². The maximum atomic E-state index is 6.00. The van der Waals surface area contributed by atoms with Crippen molar-refractivity contribution in [2.24, 2.45) is 17.6 Å². The molecule has 0 saturated heterocycles. The van der Waals surface area contributed by atoms with E-state index in [9.17, 15) is 0 Å². The molecule has 2 nitrogen and oxygen atoms in total. The van der Waals surface area contributed by atoms with Crippen molar-refractivity contribution in [1.29, 1.82) is 0 Å². The maximum Gasteiger partial charge on any atom is 0.0311 e. The minimum absolute atomic E-state index is 0.215. The summed E-state index contributed by atoms with van der Waals surface area (Å²) in [5, 5.41) is 3.77. The van der Waals surface area contributed by atoms with Gasteiger partial charge in [0.25, 0.3) is 0 Å². The average molecular weight is 212 g/mol. The highest BCUT2D eigenvalue weighted by atomic mass is 15.0. The van der Waals surface area contributed by atoms with E-state index in [0.29, 0.717) is 6.04 Å². The van der Waals surface area contributed by atoms with Crippen LogP contribution >= 0.6 is 0 Å². The Labute approximate surface area is 95.0 Å². The Bertz CT molecular complexity index is 181. The van der Waals surface area contributed by atoms with Gasteiger partial charge < -0.3 is 11.1 Å². The first-order chi connectivity index (χ1) is 7.01. The number of nitrogens with one attached hydrogen (secondary N) is 1. The van der Waals surface area contributed by atoms with Crippen LogP contribution in [0.1, 0.15) is 53.4 Å². The fraction of sp³-hybridized carbons (Fsp3) is 1.00. The summed E-state index contributed by atoms with van der Waals surface area (Å²) >= 11 is 0. The molecule has 0 spiro atoms. The van der Waals surface area contributed by atoms with Gasteiger partial charge in [0.15, 0.2) is 0 Å². The van der Waals surface area contributed by atoms with E-state index in [1.54, 1.807) is 0 Å². The monoisotopic (exact) mass is 212 g/mol. The molecule has 3 atom stereocenters. The van der Waals surface area contributed by atoms with E-state index in [2.05, 4.69) is 33.0 Å². The molecule has 15 heavy (non-hydrogen) atoms. The summed E-state index contributed by atoms with van der Waals surface area (Å²) in [6, 6.07) is 0.589. The predicted molar refractivity (Wildman–Crippen MR) is 66.9 cm³/mol. The first-order valence-electron chi connectivity index (χ1n) is 6.49. The third-order valence-corrected chi connectivity index (χ3v) is 3.84. The molecule has 0 heterocycles. The van der Waals surface area contributed by atoms with Gasteiger partial charge in [0.1, 0.15) is 0 Å². The van der Waals surface area contributed by atoms with E-state index >= 15 is 0 Å². The van der Waals surface area contributed by atoms with Crippen LogP contribution in [0.2, 0.25) is 0 Å². The van der Waals surface area contributed by atoms with E-state index in [-0.39, 0.29) is 5.54 Å². The molecule has 1 rings (SSSR count). The van der Waals surface area contributed by atoms with Crippen LogP contribution in [0.5, 0.6) is 0 Å². The molecule has 1 fully saturated rings. The largest absolute Gasteiger partial charge is 0.329 e. The molecule has 2 heteroatoms. The Kier molecular flexibility index (Phi) is 4.60. The summed E-state index contributed by atoms with van der Waals surface area (Å²) in [4.78, 5) is 0. The summed E-state index contributed by atoms with van der Waals surface area (Å²) in [5.41, 5.74) is 6.22. The van der Waals surface area contributed by atoms with E-state index < -0.39 is 0 Å². The summed E-state index contributed by atoms with van der Waals surface area (Å²) in [6.07, 6.45) is 5.05. The predicted octanol–water partition coefficient (Wildman–Crippen LogP) is 2.53. The van der Waals surface area contributed by atoms with Gasteiger partial charge in [0, 0.05) is 18.1 Å². The Morgan fingerprint density at radius 2 is 1.87 bits per heavy atom. The van der Waals surface area contributed by atoms with Gasteiger partial charge in [-0.1, -0.05) is 20.8 Å². The first-order valence-corrected chi connectivity index (χ1v) is 6.49. The average Bonchev–Trinajstić information content (AvgIpc) is 2.16. The lowest BCUT2D eigenvalue weighted by atomic mass is 9.71. The van der Waals surface area contributed by atoms with Crippen molar-refractivity contribution >= 4 is 0 Å². The Balaban J connectivity index is 2.65.